The van der Waals surface area contributed by atoms with Crippen LogP contribution in [0.15, 0.2) is 72.1 Å². The Hall–Kier alpha value is -3.06. The van der Waals surface area contributed by atoms with Gasteiger partial charge in [0, 0.05) is 6.42 Å². The molecule has 156 valence electrons. The lowest BCUT2D eigenvalue weighted by Gasteiger charge is -2.23. The van der Waals surface area contributed by atoms with Crippen molar-refractivity contribution in [2.24, 2.45) is 0 Å². The highest BCUT2D eigenvalue weighted by molar-refractivity contribution is 7.12. The molecule has 0 aliphatic heterocycles. The highest BCUT2D eigenvalue weighted by Crippen LogP contribution is 2.31. The van der Waals surface area contributed by atoms with Crippen molar-refractivity contribution in [1.82, 2.24) is 5.32 Å². The maximum Gasteiger partial charge on any atom is 0.377 e. The summed E-state index contributed by atoms with van der Waals surface area (Å²) in [6.07, 6.45) is -0.895. The second-order valence-electron chi connectivity index (χ2n) is 6.62. The van der Waals surface area contributed by atoms with Gasteiger partial charge in [-0.2, -0.15) is 8.78 Å². The van der Waals surface area contributed by atoms with E-state index in [0.29, 0.717) is 10.4 Å². The molecule has 0 aliphatic rings. The van der Waals surface area contributed by atoms with Gasteiger partial charge in [0.25, 0.3) is 5.91 Å². The smallest absolute Gasteiger partial charge is 0.377 e. The average molecular weight is 429 g/mol. The summed E-state index contributed by atoms with van der Waals surface area (Å²) in [5.74, 6) is -5.80. The van der Waals surface area contributed by atoms with Gasteiger partial charge >= 0.3 is 11.9 Å². The zero-order valence-corrected chi connectivity index (χ0v) is 17.1. The molecule has 3 rings (SSSR count). The van der Waals surface area contributed by atoms with E-state index in [1.54, 1.807) is 41.8 Å². The molecule has 2 aromatic carbocycles. The Kier molecular flexibility index (Phi) is 6.95. The van der Waals surface area contributed by atoms with Gasteiger partial charge in [-0.1, -0.05) is 60.7 Å². The van der Waals surface area contributed by atoms with Crippen molar-refractivity contribution in [3.05, 3.63) is 82.6 Å². The monoisotopic (exact) mass is 429 g/mol. The van der Waals surface area contributed by atoms with Gasteiger partial charge in [-0.3, -0.25) is 4.79 Å². The Labute approximate surface area is 177 Å². The zero-order valence-electron chi connectivity index (χ0n) is 16.3. The number of halogens is 2. The Morgan fingerprint density at radius 3 is 2.27 bits per heavy atom. The first-order valence-electron chi connectivity index (χ1n) is 9.45. The minimum Gasteiger partial charge on any atom is -0.462 e. The molecular formula is C23H21F2NO3S. The molecule has 1 amide bonds. The molecule has 0 aliphatic carbocycles. The second-order valence-corrected chi connectivity index (χ2v) is 7.57. The van der Waals surface area contributed by atoms with Crippen LogP contribution in [0.5, 0.6) is 0 Å². The van der Waals surface area contributed by atoms with E-state index in [9.17, 15) is 18.4 Å². The van der Waals surface area contributed by atoms with E-state index in [-0.39, 0.29) is 6.61 Å². The fourth-order valence-electron chi connectivity index (χ4n) is 3.00. The molecule has 0 bridgehead atoms. The van der Waals surface area contributed by atoms with Gasteiger partial charge in [-0.05, 0) is 35.1 Å². The molecule has 3 aromatic rings. The lowest BCUT2D eigenvalue weighted by molar-refractivity contribution is -0.173. The molecule has 4 nitrogen and oxygen atoms in total. The van der Waals surface area contributed by atoms with Crippen molar-refractivity contribution in [3.63, 3.8) is 0 Å². The number of carbonyl (C=O) groups is 2. The van der Waals surface area contributed by atoms with Crippen LogP contribution in [0.2, 0.25) is 0 Å². The van der Waals surface area contributed by atoms with Gasteiger partial charge in [0.15, 0.2) is 0 Å². The third-order valence-electron chi connectivity index (χ3n) is 4.51. The van der Waals surface area contributed by atoms with Gasteiger partial charge in [-0.15, -0.1) is 11.3 Å². The van der Waals surface area contributed by atoms with Gasteiger partial charge in [0.2, 0.25) is 0 Å². The number of hydrogen-bond acceptors (Lipinski definition) is 4. The maximum absolute atomic E-state index is 14.5. The van der Waals surface area contributed by atoms with Gasteiger partial charge in [-0.25, -0.2) is 4.79 Å². The first kappa shape index (κ1) is 21.6. The fourth-order valence-corrected chi connectivity index (χ4v) is 3.63. The predicted molar refractivity (Wildman–Crippen MR) is 113 cm³/mol. The lowest BCUT2D eigenvalue weighted by atomic mass is 9.97. The van der Waals surface area contributed by atoms with Crippen molar-refractivity contribution < 1.29 is 23.1 Å². The number of nitrogens with one attached hydrogen (secondary N) is 1. The predicted octanol–water partition coefficient (Wildman–Crippen LogP) is 5.47. The van der Waals surface area contributed by atoms with E-state index < -0.39 is 30.3 Å². The number of hydrogen-bond donors (Lipinski definition) is 1. The molecule has 0 saturated carbocycles. The third kappa shape index (κ3) is 5.30. The first-order valence-corrected chi connectivity index (χ1v) is 10.3. The van der Waals surface area contributed by atoms with Crippen LogP contribution in [0.4, 0.5) is 8.78 Å². The molecule has 1 unspecified atom stereocenters. The van der Waals surface area contributed by atoms with E-state index in [1.165, 1.54) is 18.3 Å². The van der Waals surface area contributed by atoms with Gasteiger partial charge < -0.3 is 10.1 Å². The number of esters is 1. The van der Waals surface area contributed by atoms with Crippen molar-refractivity contribution in [3.8, 4) is 11.1 Å². The van der Waals surface area contributed by atoms with Crippen LogP contribution < -0.4 is 5.32 Å². The van der Waals surface area contributed by atoms with E-state index in [0.717, 1.165) is 11.1 Å². The van der Waals surface area contributed by atoms with Gasteiger partial charge in [0.1, 0.15) is 0 Å². The molecule has 30 heavy (non-hydrogen) atoms. The molecule has 1 aromatic heterocycles. The summed E-state index contributed by atoms with van der Waals surface area (Å²) in [6.45, 7) is 1.32. The number of carbonyl (C=O) groups excluding carboxylic acids is 2. The summed E-state index contributed by atoms with van der Waals surface area (Å²) in [7, 11) is 0. The SMILES string of the molecule is CCOC(=O)C(F)(F)CC(NC(=O)c1cccs1)c1ccc(-c2ccccc2)cc1. The summed E-state index contributed by atoms with van der Waals surface area (Å²) >= 11 is 1.21. The van der Waals surface area contributed by atoms with Crippen LogP contribution >= 0.6 is 11.3 Å². The largest absolute Gasteiger partial charge is 0.462 e. The highest BCUT2D eigenvalue weighted by Gasteiger charge is 2.43. The van der Waals surface area contributed by atoms with E-state index in [1.807, 2.05) is 30.3 Å². The molecule has 0 fully saturated rings. The minimum absolute atomic E-state index is 0.146. The summed E-state index contributed by atoms with van der Waals surface area (Å²) in [5, 5.41) is 4.36. The number of thiophene rings is 1. The van der Waals surface area contributed by atoms with E-state index >= 15 is 0 Å². The maximum atomic E-state index is 14.5. The van der Waals surface area contributed by atoms with E-state index in [2.05, 4.69) is 10.1 Å². The van der Waals surface area contributed by atoms with Crippen molar-refractivity contribution in [1.29, 1.82) is 0 Å². The zero-order chi connectivity index (χ0) is 21.6. The first-order chi connectivity index (χ1) is 14.4. The van der Waals surface area contributed by atoms with Crippen LogP contribution in [0.3, 0.4) is 0 Å². The van der Waals surface area contributed by atoms with Crippen LogP contribution in [0, 0.1) is 0 Å². The normalized spacial score (nSPS) is 12.2. The molecule has 1 N–H and O–H groups in total. The van der Waals surface area contributed by atoms with Crippen LogP contribution in [0.25, 0.3) is 11.1 Å². The summed E-state index contributed by atoms with van der Waals surface area (Å²) in [5.41, 5.74) is 2.38. The number of rotatable bonds is 8. The summed E-state index contributed by atoms with van der Waals surface area (Å²) < 4.78 is 33.4. The Morgan fingerprint density at radius 1 is 1.00 bits per heavy atom. The second kappa shape index (κ2) is 9.63. The van der Waals surface area contributed by atoms with Crippen LogP contribution in [0.1, 0.15) is 34.6 Å². The van der Waals surface area contributed by atoms with Crippen molar-refractivity contribution >= 4 is 23.2 Å². The molecule has 1 atom stereocenters. The van der Waals surface area contributed by atoms with Gasteiger partial charge in [0.05, 0.1) is 17.5 Å². The number of amides is 1. The Morgan fingerprint density at radius 2 is 1.67 bits per heavy atom. The number of alkyl halides is 2. The minimum atomic E-state index is -3.73. The molecule has 7 heteroatoms. The Bertz CT molecular complexity index is 973. The van der Waals surface area contributed by atoms with Crippen molar-refractivity contribution in [2.45, 2.75) is 25.3 Å². The lowest BCUT2D eigenvalue weighted by Crippen LogP contribution is -2.38. The molecule has 1 heterocycles. The molecule has 0 radical (unpaired) electrons. The van der Waals surface area contributed by atoms with Crippen LogP contribution in [-0.2, 0) is 9.53 Å². The summed E-state index contributed by atoms with van der Waals surface area (Å²) in [4.78, 5) is 24.6. The molecule has 0 saturated heterocycles. The topological polar surface area (TPSA) is 55.4 Å². The fraction of sp³-hybridized carbons (Fsp3) is 0.217. The number of ether oxygens (including phenoxy) is 1. The quantitative estimate of drug-likeness (QED) is 0.483. The standard InChI is InChI=1S/C23H21F2NO3S/c1-2-29-22(28)23(24,25)15-19(26-21(27)20-9-6-14-30-20)18-12-10-17(11-13-18)16-7-4-3-5-8-16/h3-14,19H,2,15H2,1H3,(H,26,27). The number of benzene rings is 2. The third-order valence-corrected chi connectivity index (χ3v) is 5.37. The Balaban J connectivity index is 1.86. The summed E-state index contributed by atoms with van der Waals surface area (Å²) in [6, 6.07) is 18.8. The van der Waals surface area contributed by atoms with Crippen LogP contribution in [-0.4, -0.2) is 24.4 Å². The average Bonchev–Trinajstić information content (AvgIpc) is 3.29. The van der Waals surface area contributed by atoms with E-state index in [4.69, 9.17) is 0 Å². The molecular weight excluding hydrogens is 408 g/mol. The van der Waals surface area contributed by atoms with Crippen molar-refractivity contribution in [2.75, 3.05) is 6.61 Å². The highest BCUT2D eigenvalue weighted by atomic mass is 32.1. The molecule has 0 spiro atoms.